The van der Waals surface area contributed by atoms with Crippen molar-refractivity contribution in [2.24, 2.45) is 5.41 Å². The van der Waals surface area contributed by atoms with Gasteiger partial charge in [0.1, 0.15) is 10.7 Å². The first kappa shape index (κ1) is 16.4. The van der Waals surface area contributed by atoms with E-state index < -0.39 is 15.8 Å². The second-order valence-corrected chi connectivity index (χ2v) is 8.49. The minimum Gasteiger partial charge on any atom is -0.398 e. The summed E-state index contributed by atoms with van der Waals surface area (Å²) < 4.78 is 39.4. The minimum absolute atomic E-state index is 0.0735. The zero-order valence-corrected chi connectivity index (χ0v) is 13.8. The van der Waals surface area contributed by atoms with Crippen LogP contribution < -0.4 is 5.73 Å². The molecule has 0 unspecified atom stereocenters. The number of nitrogen functional groups attached to an aromatic ring is 1. The van der Waals surface area contributed by atoms with Crippen molar-refractivity contribution in [3.8, 4) is 0 Å². The third kappa shape index (κ3) is 3.90. The topological polar surface area (TPSA) is 63.4 Å². The van der Waals surface area contributed by atoms with Crippen molar-refractivity contribution < 1.29 is 12.8 Å². The lowest BCUT2D eigenvalue weighted by Gasteiger charge is -2.26. The van der Waals surface area contributed by atoms with Crippen LogP contribution in [0.2, 0.25) is 0 Å². The first-order chi connectivity index (χ1) is 8.45. The SMILES string of the molecule is CN(CC(C)(C)C)S(=O)(=O)c1cc(Br)c(F)cc1N. The van der Waals surface area contributed by atoms with Crippen LogP contribution in [0.15, 0.2) is 21.5 Å². The molecule has 0 amide bonds. The van der Waals surface area contributed by atoms with Gasteiger partial charge in [-0.1, -0.05) is 20.8 Å². The molecule has 1 aromatic carbocycles. The molecule has 0 spiro atoms. The summed E-state index contributed by atoms with van der Waals surface area (Å²) in [4.78, 5) is -0.0903. The van der Waals surface area contributed by atoms with E-state index in [4.69, 9.17) is 5.73 Å². The molecule has 0 saturated heterocycles. The van der Waals surface area contributed by atoms with Crippen molar-refractivity contribution in [1.82, 2.24) is 4.31 Å². The third-order valence-electron chi connectivity index (χ3n) is 2.44. The van der Waals surface area contributed by atoms with Gasteiger partial charge in [0.05, 0.1) is 10.2 Å². The molecule has 0 fully saturated rings. The third-order valence-corrected chi connectivity index (χ3v) is 4.90. The molecule has 0 aromatic heterocycles. The molecule has 0 radical (unpaired) electrons. The molecule has 0 bridgehead atoms. The highest BCUT2D eigenvalue weighted by molar-refractivity contribution is 9.10. The number of nitrogens with two attached hydrogens (primary N) is 1. The van der Waals surface area contributed by atoms with Gasteiger partial charge in [0.25, 0.3) is 0 Å². The summed E-state index contributed by atoms with van der Waals surface area (Å²) in [7, 11) is -2.25. The summed E-state index contributed by atoms with van der Waals surface area (Å²) in [5.74, 6) is -0.588. The number of rotatable bonds is 3. The maximum Gasteiger partial charge on any atom is 0.244 e. The Morgan fingerprint density at radius 3 is 2.37 bits per heavy atom. The molecule has 0 aliphatic carbocycles. The van der Waals surface area contributed by atoms with Gasteiger partial charge in [0, 0.05) is 13.6 Å². The zero-order chi connectivity index (χ0) is 15.0. The molecule has 2 N–H and O–H groups in total. The Labute approximate surface area is 122 Å². The second-order valence-electron chi connectivity index (χ2n) is 5.63. The second kappa shape index (κ2) is 5.38. The van der Waals surface area contributed by atoms with Crippen LogP contribution in [0.1, 0.15) is 20.8 Å². The number of nitrogens with zero attached hydrogens (tertiary/aromatic N) is 1. The summed E-state index contributed by atoms with van der Waals surface area (Å²) in [6.07, 6.45) is 0. The van der Waals surface area contributed by atoms with Crippen LogP contribution in [-0.2, 0) is 10.0 Å². The lowest BCUT2D eigenvalue weighted by Crippen LogP contribution is -2.34. The summed E-state index contributed by atoms with van der Waals surface area (Å²) >= 11 is 2.97. The highest BCUT2D eigenvalue weighted by Gasteiger charge is 2.27. The largest absolute Gasteiger partial charge is 0.398 e. The van der Waals surface area contributed by atoms with Crippen molar-refractivity contribution >= 4 is 31.6 Å². The lowest BCUT2D eigenvalue weighted by atomic mass is 9.97. The van der Waals surface area contributed by atoms with Crippen LogP contribution in [0.5, 0.6) is 0 Å². The fourth-order valence-corrected chi connectivity index (χ4v) is 3.70. The number of hydrogen-bond donors (Lipinski definition) is 1. The fraction of sp³-hybridized carbons (Fsp3) is 0.500. The van der Waals surface area contributed by atoms with Crippen LogP contribution in [0, 0.1) is 11.2 Å². The van der Waals surface area contributed by atoms with Crippen molar-refractivity contribution in [2.75, 3.05) is 19.3 Å². The Morgan fingerprint density at radius 1 is 1.37 bits per heavy atom. The first-order valence-electron chi connectivity index (χ1n) is 5.66. The predicted molar refractivity (Wildman–Crippen MR) is 77.8 cm³/mol. The predicted octanol–water partition coefficient (Wildman–Crippen LogP) is 2.84. The summed E-state index contributed by atoms with van der Waals surface area (Å²) in [6, 6.07) is 2.20. The van der Waals surface area contributed by atoms with E-state index in [1.54, 1.807) is 0 Å². The standard InChI is InChI=1S/C12H18BrFN2O2S/c1-12(2,3)7-16(4)19(17,18)11-5-8(13)9(14)6-10(11)15/h5-6H,7,15H2,1-4H3. The van der Waals surface area contributed by atoms with Gasteiger partial charge in [-0.15, -0.1) is 0 Å². The highest BCUT2D eigenvalue weighted by atomic mass is 79.9. The average Bonchev–Trinajstić information content (AvgIpc) is 2.20. The molecule has 108 valence electrons. The van der Waals surface area contributed by atoms with Gasteiger partial charge in [-0.25, -0.2) is 17.1 Å². The molecule has 0 aliphatic rings. The average molecular weight is 353 g/mol. The number of benzene rings is 1. The summed E-state index contributed by atoms with van der Waals surface area (Å²) in [6.45, 7) is 6.14. The van der Waals surface area contributed by atoms with Gasteiger partial charge in [0.15, 0.2) is 0 Å². The first-order valence-corrected chi connectivity index (χ1v) is 7.89. The van der Waals surface area contributed by atoms with E-state index >= 15 is 0 Å². The fourth-order valence-electron chi connectivity index (χ4n) is 1.69. The Hall–Kier alpha value is -0.660. The monoisotopic (exact) mass is 352 g/mol. The minimum atomic E-state index is -3.73. The van der Waals surface area contributed by atoms with E-state index in [0.717, 1.165) is 6.07 Å². The summed E-state index contributed by atoms with van der Waals surface area (Å²) in [5, 5.41) is 0. The molecular formula is C12H18BrFN2O2S. The number of anilines is 1. The highest BCUT2D eigenvalue weighted by Crippen LogP contribution is 2.29. The molecule has 4 nitrogen and oxygen atoms in total. The molecule has 0 heterocycles. The van der Waals surface area contributed by atoms with Gasteiger partial charge in [-0.05, 0) is 33.5 Å². The molecule has 0 aliphatic heterocycles. The van der Waals surface area contributed by atoms with Crippen molar-refractivity contribution in [3.63, 3.8) is 0 Å². The van der Waals surface area contributed by atoms with Gasteiger partial charge >= 0.3 is 0 Å². The maximum absolute atomic E-state index is 13.3. The lowest BCUT2D eigenvalue weighted by molar-refractivity contribution is 0.311. The Bertz CT molecular complexity index is 582. The number of hydrogen-bond acceptors (Lipinski definition) is 3. The van der Waals surface area contributed by atoms with E-state index in [1.165, 1.54) is 17.4 Å². The van der Waals surface area contributed by atoms with Crippen molar-refractivity contribution in [2.45, 2.75) is 25.7 Å². The quantitative estimate of drug-likeness (QED) is 0.850. The van der Waals surface area contributed by atoms with E-state index in [0.29, 0.717) is 6.54 Å². The van der Waals surface area contributed by atoms with Gasteiger partial charge in [-0.2, -0.15) is 0 Å². The van der Waals surface area contributed by atoms with E-state index in [1.807, 2.05) is 20.8 Å². The van der Waals surface area contributed by atoms with E-state index in [9.17, 15) is 12.8 Å². The van der Waals surface area contributed by atoms with Gasteiger partial charge < -0.3 is 5.73 Å². The molecule has 0 atom stereocenters. The van der Waals surface area contributed by atoms with Crippen molar-refractivity contribution in [3.05, 3.63) is 22.4 Å². The molecule has 19 heavy (non-hydrogen) atoms. The van der Waals surface area contributed by atoms with E-state index in [-0.39, 0.29) is 20.5 Å². The van der Waals surface area contributed by atoms with E-state index in [2.05, 4.69) is 15.9 Å². The van der Waals surface area contributed by atoms with Crippen LogP contribution in [0.4, 0.5) is 10.1 Å². The normalized spacial score (nSPS) is 13.0. The van der Waals surface area contributed by atoms with Crippen LogP contribution in [-0.4, -0.2) is 26.3 Å². The van der Waals surface area contributed by atoms with Crippen molar-refractivity contribution in [1.29, 1.82) is 0 Å². The van der Waals surface area contributed by atoms with Gasteiger partial charge in [-0.3, -0.25) is 0 Å². The van der Waals surface area contributed by atoms with Gasteiger partial charge in [0.2, 0.25) is 10.0 Å². The maximum atomic E-state index is 13.3. The zero-order valence-electron chi connectivity index (χ0n) is 11.4. The van der Waals surface area contributed by atoms with Crippen LogP contribution >= 0.6 is 15.9 Å². The molecule has 1 aromatic rings. The Kier molecular flexibility index (Phi) is 4.64. The number of halogens is 2. The molecule has 7 heteroatoms. The molecule has 0 saturated carbocycles. The molecular weight excluding hydrogens is 335 g/mol. The van der Waals surface area contributed by atoms with Crippen LogP contribution in [0.25, 0.3) is 0 Å². The smallest absolute Gasteiger partial charge is 0.244 e. The van der Waals surface area contributed by atoms with Crippen LogP contribution in [0.3, 0.4) is 0 Å². The Morgan fingerprint density at radius 2 is 1.89 bits per heavy atom. The summed E-state index contributed by atoms with van der Waals surface area (Å²) in [5.41, 5.74) is 5.33. The molecule has 1 rings (SSSR count). The number of sulfonamides is 1. The Balaban J connectivity index is 3.25.